The minimum atomic E-state index is -4.79. The summed E-state index contributed by atoms with van der Waals surface area (Å²) in [7, 11) is 1.34. The van der Waals surface area contributed by atoms with Crippen LogP contribution in [0.2, 0.25) is 5.02 Å². The van der Waals surface area contributed by atoms with Crippen molar-refractivity contribution in [2.24, 2.45) is 7.05 Å². The summed E-state index contributed by atoms with van der Waals surface area (Å²) in [5.74, 6) is -0.471. The molecule has 3 aromatic rings. The van der Waals surface area contributed by atoms with E-state index < -0.39 is 23.4 Å². The minimum Gasteiger partial charge on any atom is -0.279 e. The third kappa shape index (κ3) is 4.15. The van der Waals surface area contributed by atoms with Crippen molar-refractivity contribution in [2.75, 3.05) is 4.90 Å². The molecule has 146 valence electrons. The molecule has 0 saturated carbocycles. The van der Waals surface area contributed by atoms with Crippen molar-refractivity contribution < 1.29 is 22.4 Å². The fraction of sp³-hybridized carbons (Fsp3) is 0.111. The summed E-state index contributed by atoms with van der Waals surface area (Å²) in [5, 5.41) is 4.02. The lowest BCUT2D eigenvalue weighted by atomic mass is 10.2. The Kier molecular flexibility index (Phi) is 5.66. The number of halogens is 5. The van der Waals surface area contributed by atoms with E-state index in [1.807, 2.05) is 0 Å². The molecule has 2 aromatic carbocycles. The van der Waals surface area contributed by atoms with Gasteiger partial charge in [0.05, 0.1) is 0 Å². The van der Waals surface area contributed by atoms with E-state index in [1.165, 1.54) is 55.6 Å². The van der Waals surface area contributed by atoms with Crippen LogP contribution in [0, 0.1) is 5.82 Å². The molecule has 1 aromatic heterocycles. The number of aromatic nitrogens is 2. The van der Waals surface area contributed by atoms with Crippen molar-refractivity contribution in [3.8, 4) is 0 Å². The van der Waals surface area contributed by atoms with Crippen molar-refractivity contribution in [2.45, 2.75) is 16.1 Å². The molecule has 1 amide bonds. The summed E-state index contributed by atoms with van der Waals surface area (Å²) in [5.41, 5.74) is -1.43. The van der Waals surface area contributed by atoms with Crippen LogP contribution in [0.1, 0.15) is 5.69 Å². The maximum absolute atomic E-state index is 13.6. The summed E-state index contributed by atoms with van der Waals surface area (Å²) >= 11 is 6.76. The number of alkyl halides is 3. The Labute approximate surface area is 166 Å². The largest absolute Gasteiger partial charge is 0.437 e. The highest BCUT2D eigenvalue weighted by atomic mass is 35.5. The van der Waals surface area contributed by atoms with Crippen LogP contribution < -0.4 is 4.90 Å². The van der Waals surface area contributed by atoms with Crippen molar-refractivity contribution in [1.29, 1.82) is 0 Å². The average Bonchev–Trinajstić information content (AvgIpc) is 2.96. The lowest BCUT2D eigenvalue weighted by molar-refractivity contribution is -0.140. The van der Waals surface area contributed by atoms with E-state index in [-0.39, 0.29) is 17.1 Å². The lowest BCUT2D eigenvalue weighted by Crippen LogP contribution is -2.19. The number of carbonyl (C=O) groups excluding carboxylic acids is 1. The van der Waals surface area contributed by atoms with Gasteiger partial charge < -0.3 is 0 Å². The molecule has 4 nitrogen and oxygen atoms in total. The Morgan fingerprint density at radius 1 is 1.11 bits per heavy atom. The Morgan fingerprint density at radius 2 is 1.71 bits per heavy atom. The molecule has 0 atom stereocenters. The van der Waals surface area contributed by atoms with Crippen LogP contribution in [0.15, 0.2) is 58.5 Å². The van der Waals surface area contributed by atoms with Crippen LogP contribution in [0.4, 0.5) is 28.9 Å². The number of amides is 1. The number of benzene rings is 2. The zero-order chi connectivity index (χ0) is 20.5. The normalized spacial score (nSPS) is 11.5. The predicted molar refractivity (Wildman–Crippen MR) is 98.4 cm³/mol. The zero-order valence-corrected chi connectivity index (χ0v) is 15.8. The van der Waals surface area contributed by atoms with Gasteiger partial charge in [-0.25, -0.2) is 4.39 Å². The SMILES string of the molecule is Cn1nc(C(F)(F)F)c(N(C=O)c2ccc(Cl)cc2)c1Sc1ccc(F)cc1. The molecule has 0 aliphatic carbocycles. The molecule has 0 aliphatic heterocycles. The van der Waals surface area contributed by atoms with Gasteiger partial charge in [-0.15, -0.1) is 0 Å². The first-order valence-corrected chi connectivity index (χ1v) is 8.98. The quantitative estimate of drug-likeness (QED) is 0.387. The van der Waals surface area contributed by atoms with Gasteiger partial charge in [-0.2, -0.15) is 18.3 Å². The number of hydrogen-bond donors (Lipinski definition) is 0. The van der Waals surface area contributed by atoms with Gasteiger partial charge in [0.25, 0.3) is 0 Å². The first-order valence-electron chi connectivity index (χ1n) is 7.78. The fourth-order valence-electron chi connectivity index (χ4n) is 2.48. The Morgan fingerprint density at radius 3 is 2.25 bits per heavy atom. The summed E-state index contributed by atoms with van der Waals surface area (Å²) in [6, 6.07) is 11.0. The number of carbonyl (C=O) groups is 1. The minimum absolute atomic E-state index is 0.0704. The van der Waals surface area contributed by atoms with Crippen molar-refractivity contribution >= 4 is 41.1 Å². The van der Waals surface area contributed by atoms with Crippen LogP contribution in [0.5, 0.6) is 0 Å². The van der Waals surface area contributed by atoms with Gasteiger partial charge >= 0.3 is 6.18 Å². The second-order valence-corrected chi connectivity index (χ2v) is 7.13. The van der Waals surface area contributed by atoms with Gasteiger partial charge in [0, 0.05) is 22.7 Å². The molecule has 0 aliphatic rings. The molecular formula is C18H12ClF4N3OS. The maximum Gasteiger partial charge on any atom is 0.437 e. The number of hydrogen-bond acceptors (Lipinski definition) is 3. The van der Waals surface area contributed by atoms with Gasteiger partial charge in [0.2, 0.25) is 6.41 Å². The van der Waals surface area contributed by atoms with E-state index in [4.69, 9.17) is 11.6 Å². The lowest BCUT2D eigenvalue weighted by Gasteiger charge is -2.20. The van der Waals surface area contributed by atoms with Crippen LogP contribution in [0.3, 0.4) is 0 Å². The van der Waals surface area contributed by atoms with Gasteiger partial charge in [0.1, 0.15) is 16.5 Å². The van der Waals surface area contributed by atoms with Crippen molar-refractivity contribution in [3.05, 3.63) is 65.1 Å². The molecule has 0 saturated heterocycles. The maximum atomic E-state index is 13.6. The monoisotopic (exact) mass is 429 g/mol. The molecular weight excluding hydrogens is 418 g/mol. The number of nitrogens with zero attached hydrogens (tertiary/aromatic N) is 3. The van der Waals surface area contributed by atoms with Gasteiger partial charge in [-0.3, -0.25) is 14.4 Å². The van der Waals surface area contributed by atoms with Crippen molar-refractivity contribution in [3.63, 3.8) is 0 Å². The molecule has 0 bridgehead atoms. The molecule has 0 N–H and O–H groups in total. The zero-order valence-electron chi connectivity index (χ0n) is 14.2. The third-order valence-electron chi connectivity index (χ3n) is 3.72. The fourth-order valence-corrected chi connectivity index (χ4v) is 3.56. The Balaban J connectivity index is 2.16. The third-order valence-corrected chi connectivity index (χ3v) is 5.13. The number of anilines is 2. The van der Waals surface area contributed by atoms with Crippen LogP contribution in [0.25, 0.3) is 0 Å². The molecule has 0 unspecified atom stereocenters. The summed E-state index contributed by atoms with van der Waals surface area (Å²) in [6.07, 6.45) is -4.51. The summed E-state index contributed by atoms with van der Waals surface area (Å²) < 4.78 is 55.0. The molecule has 0 spiro atoms. The van der Waals surface area contributed by atoms with Gasteiger partial charge in [-0.05, 0) is 48.5 Å². The first-order chi connectivity index (χ1) is 13.2. The molecule has 10 heteroatoms. The van der Waals surface area contributed by atoms with Gasteiger partial charge in [-0.1, -0.05) is 23.4 Å². The van der Waals surface area contributed by atoms with Crippen molar-refractivity contribution in [1.82, 2.24) is 9.78 Å². The highest BCUT2D eigenvalue weighted by Crippen LogP contribution is 2.45. The molecule has 1 heterocycles. The second kappa shape index (κ2) is 7.84. The average molecular weight is 430 g/mol. The van der Waals surface area contributed by atoms with Crippen LogP contribution in [-0.4, -0.2) is 16.2 Å². The first kappa shape index (κ1) is 20.2. The Bertz CT molecular complexity index is 988. The molecule has 28 heavy (non-hydrogen) atoms. The molecule has 0 fully saturated rings. The number of aryl methyl sites for hydroxylation is 1. The van der Waals surface area contributed by atoms with Gasteiger partial charge in [0.15, 0.2) is 5.69 Å². The van der Waals surface area contributed by atoms with E-state index in [2.05, 4.69) is 5.10 Å². The van der Waals surface area contributed by atoms with Crippen LogP contribution >= 0.6 is 23.4 Å². The topological polar surface area (TPSA) is 38.1 Å². The standard InChI is InChI=1S/C18H12ClF4N3OS/c1-25-17(28-14-8-4-12(20)5-9-14)15(16(24-25)18(21,22)23)26(10-27)13-6-2-11(19)3-7-13/h2-10H,1H3. The molecule has 0 radical (unpaired) electrons. The highest BCUT2D eigenvalue weighted by molar-refractivity contribution is 7.99. The van der Waals surface area contributed by atoms with E-state index in [9.17, 15) is 22.4 Å². The summed E-state index contributed by atoms with van der Waals surface area (Å²) in [6.45, 7) is 0. The smallest absolute Gasteiger partial charge is 0.279 e. The van der Waals surface area contributed by atoms with E-state index in [1.54, 1.807) is 0 Å². The predicted octanol–water partition coefficient (Wildman–Crippen LogP) is 5.68. The molecule has 3 rings (SSSR count). The second-order valence-electron chi connectivity index (χ2n) is 5.63. The van der Waals surface area contributed by atoms with E-state index in [0.717, 1.165) is 21.3 Å². The highest BCUT2D eigenvalue weighted by Gasteiger charge is 2.41. The van der Waals surface area contributed by atoms with E-state index in [0.29, 0.717) is 9.92 Å². The Hall–Kier alpha value is -2.52. The van der Waals surface area contributed by atoms with E-state index >= 15 is 0 Å². The summed E-state index contributed by atoms with van der Waals surface area (Å²) in [4.78, 5) is 13.1. The number of rotatable bonds is 5. The van der Waals surface area contributed by atoms with Crippen LogP contribution in [-0.2, 0) is 18.0 Å².